The minimum absolute atomic E-state index is 0.0238. The van der Waals surface area contributed by atoms with Gasteiger partial charge in [-0.1, -0.05) is 41.9 Å². The van der Waals surface area contributed by atoms with Crippen LogP contribution >= 0.6 is 22.9 Å². The van der Waals surface area contributed by atoms with Crippen LogP contribution in [-0.4, -0.2) is 51.6 Å². The fraction of sp³-hybridized carbons (Fsp3) is 0.611. The molecule has 2 N–H and O–H groups in total. The number of carbonyl (C=O) groups is 3. The van der Waals surface area contributed by atoms with E-state index in [-0.39, 0.29) is 27.7 Å². The highest BCUT2D eigenvalue weighted by Gasteiger charge is 2.56. The number of oxime groups is 1. The molecule has 0 aromatic carbocycles. The van der Waals surface area contributed by atoms with Crippen LogP contribution in [-0.2, 0) is 23.9 Å². The second-order valence-electron chi connectivity index (χ2n) is 8.09. The lowest BCUT2D eigenvalue weighted by molar-refractivity contribution is -0.161. The average molecular weight is 462 g/mol. The van der Waals surface area contributed by atoms with Gasteiger partial charge in [-0.3, -0.25) is 5.32 Å². The van der Waals surface area contributed by atoms with Gasteiger partial charge >= 0.3 is 18.0 Å². The van der Waals surface area contributed by atoms with Gasteiger partial charge in [0.15, 0.2) is 5.13 Å². The number of aliphatic carboxylic acids is 1. The third kappa shape index (κ3) is 6.56. The number of halogens is 1. The Bertz CT molecular complexity index is 856. The number of hydrogen-bond acceptors (Lipinski definition) is 9. The quantitative estimate of drug-likeness (QED) is 0.340. The Morgan fingerprint density at radius 1 is 1.33 bits per heavy atom. The molecule has 0 atom stereocenters. The normalized spacial score (nSPS) is 15.5. The predicted molar refractivity (Wildman–Crippen MR) is 110 cm³/mol. The summed E-state index contributed by atoms with van der Waals surface area (Å²) < 4.78 is 10.2. The molecule has 1 aliphatic carbocycles. The van der Waals surface area contributed by atoms with E-state index >= 15 is 0 Å². The third-order valence-corrected chi connectivity index (χ3v) is 4.73. The molecule has 1 amide bonds. The highest BCUT2D eigenvalue weighted by atomic mass is 35.5. The molecule has 1 aromatic rings. The zero-order chi connectivity index (χ0) is 22.7. The number of amides is 1. The summed E-state index contributed by atoms with van der Waals surface area (Å²) in [5.41, 5.74) is -2.82. The van der Waals surface area contributed by atoms with Gasteiger partial charge in [0.2, 0.25) is 11.3 Å². The van der Waals surface area contributed by atoms with Crippen molar-refractivity contribution in [1.82, 2.24) is 4.98 Å². The number of rotatable bonds is 8. The van der Waals surface area contributed by atoms with E-state index < -0.39 is 34.9 Å². The summed E-state index contributed by atoms with van der Waals surface area (Å²) in [7, 11) is 0. The lowest BCUT2D eigenvalue weighted by Gasteiger charge is -2.18. The van der Waals surface area contributed by atoms with E-state index in [4.69, 9.17) is 25.9 Å². The standard InChI is InChI=1S/C18H24ClN3O7S/c1-9(2)8-27-14(25)18(6-7-18)29-22-11(13(23)24)10-12(19)30-15(20-10)21-16(26)28-17(3,4)5/h9H,6-8H2,1-5H3,(H,23,24)(H,20,21,26)/b22-11-. The molecule has 0 radical (unpaired) electrons. The highest BCUT2D eigenvalue weighted by molar-refractivity contribution is 7.20. The molecule has 12 heteroatoms. The van der Waals surface area contributed by atoms with Gasteiger partial charge in [-0.2, -0.15) is 0 Å². The van der Waals surface area contributed by atoms with Crippen LogP contribution in [0.25, 0.3) is 0 Å². The maximum absolute atomic E-state index is 12.2. The minimum atomic E-state index is -1.46. The Morgan fingerprint density at radius 3 is 2.47 bits per heavy atom. The number of nitrogens with one attached hydrogen (secondary N) is 1. The zero-order valence-electron chi connectivity index (χ0n) is 17.3. The number of carbonyl (C=O) groups excluding carboxylic acids is 2. The monoisotopic (exact) mass is 461 g/mol. The van der Waals surface area contributed by atoms with E-state index in [1.54, 1.807) is 20.8 Å². The van der Waals surface area contributed by atoms with Crippen LogP contribution in [0, 0.1) is 5.92 Å². The van der Waals surface area contributed by atoms with Gasteiger partial charge in [0.25, 0.3) is 0 Å². The Hall–Kier alpha value is -2.40. The maximum Gasteiger partial charge on any atom is 0.413 e. The van der Waals surface area contributed by atoms with E-state index in [1.165, 1.54) is 0 Å². The topological polar surface area (TPSA) is 136 Å². The second-order valence-corrected chi connectivity index (χ2v) is 9.69. The third-order valence-electron chi connectivity index (χ3n) is 3.56. The molecule has 1 aliphatic rings. The van der Waals surface area contributed by atoms with Crippen molar-refractivity contribution in [3.8, 4) is 0 Å². The molecule has 0 unspecified atom stereocenters. The Balaban J connectivity index is 2.15. The predicted octanol–water partition coefficient (Wildman–Crippen LogP) is 3.68. The smallest absolute Gasteiger partial charge is 0.413 e. The molecular weight excluding hydrogens is 438 g/mol. The molecule has 0 aliphatic heterocycles. The fourth-order valence-electron chi connectivity index (χ4n) is 2.03. The number of carboxylic acid groups (broad SMARTS) is 1. The Kier molecular flexibility index (Phi) is 7.30. The molecule has 166 valence electrons. The van der Waals surface area contributed by atoms with Crippen molar-refractivity contribution in [2.75, 3.05) is 11.9 Å². The van der Waals surface area contributed by atoms with Crippen molar-refractivity contribution in [1.29, 1.82) is 0 Å². The lowest BCUT2D eigenvalue weighted by Crippen LogP contribution is -2.29. The van der Waals surface area contributed by atoms with Crippen LogP contribution in [0.1, 0.15) is 53.2 Å². The Labute approximate surface area is 182 Å². The van der Waals surface area contributed by atoms with E-state index in [0.29, 0.717) is 12.8 Å². The second kappa shape index (κ2) is 9.17. The number of aromatic nitrogens is 1. The highest BCUT2D eigenvalue weighted by Crippen LogP contribution is 2.41. The van der Waals surface area contributed by atoms with Crippen molar-refractivity contribution < 1.29 is 33.8 Å². The molecule has 2 rings (SSSR count). The maximum atomic E-state index is 12.2. The molecule has 1 saturated carbocycles. The van der Waals surface area contributed by atoms with Gasteiger partial charge in [-0.05, 0) is 26.7 Å². The van der Waals surface area contributed by atoms with Crippen molar-refractivity contribution in [3.05, 3.63) is 10.0 Å². The van der Waals surface area contributed by atoms with Gasteiger partial charge in [0, 0.05) is 12.8 Å². The number of nitrogens with zero attached hydrogens (tertiary/aromatic N) is 2. The first-order chi connectivity index (χ1) is 13.8. The van der Waals surface area contributed by atoms with Crippen LogP contribution < -0.4 is 5.32 Å². The first kappa shape index (κ1) is 23.9. The van der Waals surface area contributed by atoms with Gasteiger partial charge in [-0.15, -0.1) is 0 Å². The zero-order valence-corrected chi connectivity index (χ0v) is 18.8. The molecule has 1 fully saturated rings. The number of hydrogen-bond donors (Lipinski definition) is 2. The van der Waals surface area contributed by atoms with Crippen molar-refractivity contribution in [3.63, 3.8) is 0 Å². The Morgan fingerprint density at radius 2 is 1.97 bits per heavy atom. The summed E-state index contributed by atoms with van der Waals surface area (Å²) in [6, 6.07) is 0. The molecule has 30 heavy (non-hydrogen) atoms. The van der Waals surface area contributed by atoms with Gasteiger partial charge in [-0.25, -0.2) is 19.4 Å². The summed E-state index contributed by atoms with van der Waals surface area (Å²) >= 11 is 6.92. The number of thiazole rings is 1. The van der Waals surface area contributed by atoms with Gasteiger partial charge in [0.05, 0.1) is 6.61 Å². The van der Waals surface area contributed by atoms with Gasteiger partial charge in [0.1, 0.15) is 15.6 Å². The summed E-state index contributed by atoms with van der Waals surface area (Å²) in [4.78, 5) is 45.0. The summed E-state index contributed by atoms with van der Waals surface area (Å²) in [6.07, 6.45) is -0.0537. The number of anilines is 1. The summed E-state index contributed by atoms with van der Waals surface area (Å²) in [5, 5.41) is 15.5. The molecule has 0 saturated heterocycles. The number of esters is 1. The molecule has 0 spiro atoms. The van der Waals surface area contributed by atoms with E-state index in [9.17, 15) is 19.5 Å². The first-order valence-corrected chi connectivity index (χ1v) is 10.4. The molecule has 0 bridgehead atoms. The molecule has 1 aromatic heterocycles. The van der Waals surface area contributed by atoms with Crippen LogP contribution in [0.2, 0.25) is 4.34 Å². The van der Waals surface area contributed by atoms with E-state index in [0.717, 1.165) is 11.3 Å². The lowest BCUT2D eigenvalue weighted by atomic mass is 10.2. The van der Waals surface area contributed by atoms with Gasteiger partial charge < -0.3 is 19.4 Å². The average Bonchev–Trinajstić information content (AvgIpc) is 3.29. The number of ether oxygens (including phenoxy) is 2. The van der Waals surface area contributed by atoms with Crippen LogP contribution in [0.3, 0.4) is 0 Å². The SMILES string of the molecule is CC(C)COC(=O)C1(O/N=C(\C(=O)O)c2nc(NC(=O)OC(C)(C)C)sc2Cl)CC1. The minimum Gasteiger partial charge on any atom is -0.476 e. The molecular formula is C18H24ClN3O7S. The van der Waals surface area contributed by atoms with E-state index in [1.807, 2.05) is 13.8 Å². The van der Waals surface area contributed by atoms with Crippen molar-refractivity contribution >= 4 is 51.8 Å². The molecule has 1 heterocycles. The largest absolute Gasteiger partial charge is 0.476 e. The van der Waals surface area contributed by atoms with Crippen LogP contribution in [0.15, 0.2) is 5.16 Å². The molecule has 10 nitrogen and oxygen atoms in total. The summed E-state index contributed by atoms with van der Waals surface area (Å²) in [5.74, 6) is -1.91. The van der Waals surface area contributed by atoms with Crippen LogP contribution in [0.4, 0.5) is 9.93 Å². The number of carboxylic acids is 1. The van der Waals surface area contributed by atoms with Crippen molar-refractivity contribution in [2.45, 2.75) is 58.7 Å². The van der Waals surface area contributed by atoms with Crippen molar-refractivity contribution in [2.24, 2.45) is 11.1 Å². The summed E-state index contributed by atoms with van der Waals surface area (Å²) in [6.45, 7) is 9.08. The first-order valence-electron chi connectivity index (χ1n) is 9.16. The van der Waals surface area contributed by atoms with Crippen LogP contribution in [0.5, 0.6) is 0 Å². The fourth-order valence-corrected chi connectivity index (χ4v) is 3.06. The van der Waals surface area contributed by atoms with E-state index in [2.05, 4.69) is 15.5 Å².